The van der Waals surface area contributed by atoms with Crippen molar-refractivity contribution in [1.29, 1.82) is 0 Å². The van der Waals surface area contributed by atoms with E-state index in [0.717, 1.165) is 39.6 Å². The van der Waals surface area contributed by atoms with Gasteiger partial charge in [-0.2, -0.15) is 13.2 Å². The zero-order valence-electron chi connectivity index (χ0n) is 31.7. The van der Waals surface area contributed by atoms with Crippen LogP contribution in [0, 0.1) is 30.3 Å². The minimum atomic E-state index is -4.82. The lowest BCUT2D eigenvalue weighted by molar-refractivity contribution is -0.388. The minimum absolute atomic E-state index is 0.0109. The van der Waals surface area contributed by atoms with E-state index in [2.05, 4.69) is 41.5 Å². The van der Waals surface area contributed by atoms with Crippen molar-refractivity contribution in [3.8, 4) is 0 Å². The molecule has 0 fully saturated rings. The normalized spacial score (nSPS) is 12.1. The van der Waals surface area contributed by atoms with Crippen molar-refractivity contribution >= 4 is 115 Å². The number of rotatable bonds is 15. The van der Waals surface area contributed by atoms with E-state index in [1.165, 1.54) is 30.3 Å². The van der Waals surface area contributed by atoms with E-state index in [9.17, 15) is 48.1 Å². The molecule has 3 aromatic carbocycles. The van der Waals surface area contributed by atoms with Crippen LogP contribution in [0.1, 0.15) is 61.0 Å². The van der Waals surface area contributed by atoms with Gasteiger partial charge in [-0.3, -0.25) is 30.3 Å². The molecule has 0 spiro atoms. The number of hydrogen-bond acceptors (Lipinski definition) is 12. The molecule has 56 heavy (non-hydrogen) atoms. The maximum Gasteiger partial charge on any atom is 0.423 e. The Morgan fingerprint density at radius 2 is 1.11 bits per heavy atom. The maximum atomic E-state index is 12.8. The Balaban J connectivity index is 0.000000421. The Morgan fingerprint density at radius 3 is 1.43 bits per heavy atom. The van der Waals surface area contributed by atoms with Gasteiger partial charge in [0.15, 0.2) is 0 Å². The van der Waals surface area contributed by atoms with Crippen molar-refractivity contribution < 1.29 is 32.5 Å². The van der Waals surface area contributed by atoms with Gasteiger partial charge in [-0.15, -0.1) is 0 Å². The van der Waals surface area contributed by atoms with Gasteiger partial charge in [0, 0.05) is 67.8 Å². The van der Waals surface area contributed by atoms with Gasteiger partial charge < -0.3 is 4.57 Å². The van der Waals surface area contributed by atoms with Crippen LogP contribution in [0.15, 0.2) is 69.3 Å². The van der Waals surface area contributed by atoms with Crippen LogP contribution in [0.2, 0.25) is 10.0 Å². The van der Waals surface area contributed by atoms with Crippen LogP contribution < -0.4 is 0 Å². The number of hydrogen-bond donors (Lipinski definition) is 0. The van der Waals surface area contributed by atoms with Crippen LogP contribution >= 0.6 is 74.2 Å². The van der Waals surface area contributed by atoms with E-state index in [1.54, 1.807) is 48.7 Å². The molecule has 0 aromatic heterocycles. The van der Waals surface area contributed by atoms with Gasteiger partial charge in [-0.05, 0) is 47.9 Å². The fourth-order valence-corrected chi connectivity index (χ4v) is 18.9. The molecule has 0 aliphatic rings. The Kier molecular flexibility index (Phi) is 21.7. The van der Waals surface area contributed by atoms with E-state index in [4.69, 9.17) is 46.8 Å². The molecule has 0 atom stereocenters. The largest absolute Gasteiger partial charge is 0.423 e. The summed E-state index contributed by atoms with van der Waals surface area (Å²) in [5.41, 5.74) is -1.48. The average molecular weight is 975 g/mol. The monoisotopic (exact) mass is 973 g/mol. The first-order valence-corrected chi connectivity index (χ1v) is 30.0. The first kappa shape index (κ1) is 52.8. The maximum absolute atomic E-state index is 12.8. The number of nitrogens with zero attached hydrogens (tertiary/aromatic N) is 3. The van der Waals surface area contributed by atoms with Crippen molar-refractivity contribution in [3.63, 3.8) is 0 Å². The molecule has 0 heterocycles. The molecular weight excluding hydrogens is 932 g/mol. The van der Waals surface area contributed by atoms with Gasteiger partial charge in [-0.1, -0.05) is 136 Å². The smallest absolute Gasteiger partial charge is 0.312 e. The van der Waals surface area contributed by atoms with Crippen LogP contribution in [0.3, 0.4) is 0 Å². The molecule has 0 aliphatic carbocycles. The molecule has 0 N–H and O–H groups in total. The fraction of sp³-hybridized carbons (Fsp3) is 0.455. The Hall–Kier alpha value is -1.19. The second-order valence-corrected chi connectivity index (χ2v) is 36.9. The molecule has 0 aliphatic heterocycles. The summed E-state index contributed by atoms with van der Waals surface area (Å²) in [7, 11) is 0. The third-order valence-corrected chi connectivity index (χ3v) is 33.7. The molecule has 0 saturated heterocycles. The Labute approximate surface area is 357 Å². The molecule has 0 saturated carbocycles. The summed E-state index contributed by atoms with van der Waals surface area (Å²) in [5, 5.41) is 29.6. The summed E-state index contributed by atoms with van der Waals surface area (Å²) in [6.07, 6.45) is -4.83. The highest BCUT2D eigenvalue weighted by atomic mass is 35.5. The number of alkyl halides is 3. The second kappa shape index (κ2) is 23.0. The van der Waals surface area contributed by atoms with Gasteiger partial charge in [0.05, 0.1) is 24.8 Å². The van der Waals surface area contributed by atoms with Gasteiger partial charge in [0.1, 0.15) is 11.9 Å². The minimum Gasteiger partial charge on any atom is -0.312 e. The van der Waals surface area contributed by atoms with Crippen LogP contribution in [-0.4, -0.2) is 50.7 Å². The number of nitro benzene ring substituents is 3. The lowest BCUT2D eigenvalue weighted by Crippen LogP contribution is -2.09. The zero-order valence-corrected chi connectivity index (χ0v) is 39.9. The SMILES string of the molecule is CC(C)P(=S)(Sc1ccc([N+](=O)[O-])cc1Cl)C(C)C.CCP(=O)(CC)Sc1ccc([N+](=O)[O-])c(C(F)(F)F)c1.CCP(=S)(CC)Sc1ccc([N+](=O)[O-])cc1Cl. The summed E-state index contributed by atoms with van der Waals surface area (Å²) in [4.78, 5) is 31.8. The van der Waals surface area contributed by atoms with Gasteiger partial charge in [-0.25, -0.2) is 0 Å². The molecular formula is C33H43Cl2F3N3O7P3S5. The second-order valence-electron chi connectivity index (χ2n) is 12.2. The average Bonchev–Trinajstić information content (AvgIpc) is 3.12. The highest BCUT2D eigenvalue weighted by molar-refractivity contribution is 8.71. The van der Waals surface area contributed by atoms with E-state index < -0.39 is 49.0 Å². The van der Waals surface area contributed by atoms with Crippen LogP contribution in [0.5, 0.6) is 0 Å². The summed E-state index contributed by atoms with van der Waals surface area (Å²) in [6, 6.07) is 11.8. The number of non-ortho nitro benzene ring substituents is 2. The molecule has 0 unspecified atom stereocenters. The molecule has 0 amide bonds. The summed E-state index contributed by atoms with van der Waals surface area (Å²) in [6.45, 7) is 16.1. The molecule has 3 rings (SSSR count). The molecule has 0 bridgehead atoms. The van der Waals surface area contributed by atoms with Crippen molar-refractivity contribution in [1.82, 2.24) is 0 Å². The van der Waals surface area contributed by atoms with Crippen molar-refractivity contribution in [3.05, 3.63) is 101 Å². The summed E-state index contributed by atoms with van der Waals surface area (Å²) < 4.78 is 50.7. The fourth-order valence-electron chi connectivity index (χ4n) is 4.35. The summed E-state index contributed by atoms with van der Waals surface area (Å²) >= 11 is 27.8. The predicted molar refractivity (Wildman–Crippen MR) is 240 cm³/mol. The zero-order chi connectivity index (χ0) is 43.4. The molecule has 0 radical (unpaired) electrons. The van der Waals surface area contributed by atoms with Crippen molar-refractivity contribution in [2.45, 2.75) is 87.6 Å². The quantitative estimate of drug-likeness (QED) is 0.0811. The lowest BCUT2D eigenvalue weighted by Gasteiger charge is -2.29. The number of benzene rings is 3. The predicted octanol–water partition coefficient (Wildman–Crippen LogP) is 15.3. The lowest BCUT2D eigenvalue weighted by atomic mass is 10.2. The summed E-state index contributed by atoms with van der Waals surface area (Å²) in [5.74, 6) is 0. The Bertz CT molecular complexity index is 2000. The number of halogens is 5. The molecule has 3 aromatic rings. The first-order valence-electron chi connectivity index (χ1n) is 16.8. The van der Waals surface area contributed by atoms with Crippen molar-refractivity contribution in [2.24, 2.45) is 0 Å². The third-order valence-electron chi connectivity index (χ3n) is 7.87. The molecule has 23 heteroatoms. The van der Waals surface area contributed by atoms with E-state index in [0.29, 0.717) is 39.8 Å². The third kappa shape index (κ3) is 15.8. The van der Waals surface area contributed by atoms with Gasteiger partial charge >= 0.3 is 6.18 Å². The highest BCUT2D eigenvalue weighted by Gasteiger charge is 2.39. The number of nitro groups is 3. The standard InChI is InChI=1S/C12H17ClNO2PS2.C11H13F3NO3PS.C10H13ClNO2PS2/c1-8(2)17(18,9(3)4)19-12-6-5-10(14(15)16)7-11(12)13;1-3-19(18,4-2)20-8-5-6-10(15(16)17)9(7-8)11(12,13)14;1-3-15(16,4-2)17-10-6-5-8(12(13)14)7-9(10)11/h5-9H,1-4H3;5-7H,3-4H2,1-2H3;5-7H,3-4H2,1-2H3. The van der Waals surface area contributed by atoms with Crippen LogP contribution in [0.25, 0.3) is 0 Å². The van der Waals surface area contributed by atoms with Crippen LogP contribution in [0.4, 0.5) is 30.2 Å². The topological polar surface area (TPSA) is 146 Å². The van der Waals surface area contributed by atoms with Crippen LogP contribution in [-0.2, 0) is 34.4 Å². The van der Waals surface area contributed by atoms with Gasteiger partial charge in [0.2, 0.25) is 0 Å². The Morgan fingerprint density at radius 1 is 0.679 bits per heavy atom. The van der Waals surface area contributed by atoms with E-state index in [-0.39, 0.29) is 16.3 Å². The van der Waals surface area contributed by atoms with Crippen molar-refractivity contribution in [2.75, 3.05) is 24.6 Å². The molecule has 312 valence electrons. The molecule has 10 nitrogen and oxygen atoms in total. The highest BCUT2D eigenvalue weighted by Crippen LogP contribution is 2.69. The first-order chi connectivity index (χ1) is 25.7. The van der Waals surface area contributed by atoms with E-state index >= 15 is 0 Å². The van der Waals surface area contributed by atoms with Gasteiger partial charge in [0.25, 0.3) is 17.1 Å². The van der Waals surface area contributed by atoms with E-state index in [1.807, 2.05) is 0 Å².